The van der Waals surface area contributed by atoms with Gasteiger partial charge in [0.05, 0.1) is 6.20 Å². The maximum Gasteiger partial charge on any atom is 0.195 e. The van der Waals surface area contributed by atoms with Crippen LogP contribution in [0.4, 0.5) is 0 Å². The number of H-pyrrole nitrogens is 1. The molecule has 1 aliphatic rings. The molecule has 0 aromatic carbocycles. The molecule has 90 valence electrons. The average molecular weight is 249 g/mol. The van der Waals surface area contributed by atoms with E-state index >= 15 is 0 Å². The minimum atomic E-state index is 0.109. The van der Waals surface area contributed by atoms with Crippen molar-refractivity contribution in [3.05, 3.63) is 28.6 Å². The first-order valence-electron chi connectivity index (χ1n) is 5.84. The second-order valence-corrected chi connectivity index (χ2v) is 5.05. The highest BCUT2D eigenvalue weighted by Crippen LogP contribution is 2.37. The van der Waals surface area contributed by atoms with E-state index in [0.29, 0.717) is 6.04 Å². The molecule has 0 radical (unpaired) electrons. The third-order valence-electron chi connectivity index (χ3n) is 3.14. The fraction of sp³-hybridized carbons (Fsp3) is 0.545. The first-order valence-corrected chi connectivity index (χ1v) is 6.25. The van der Waals surface area contributed by atoms with Crippen molar-refractivity contribution in [3.8, 4) is 0 Å². The number of nitrogens with one attached hydrogen (secondary N) is 1. The van der Waals surface area contributed by atoms with Crippen molar-refractivity contribution in [2.24, 2.45) is 0 Å². The Hall–Kier alpha value is -1.43. The summed E-state index contributed by atoms with van der Waals surface area (Å²) in [5.41, 5.74) is 1.16. The summed E-state index contributed by atoms with van der Waals surface area (Å²) < 4.78 is 4.79. The van der Waals surface area contributed by atoms with Gasteiger partial charge < -0.3 is 0 Å². The highest BCUT2D eigenvalue weighted by Gasteiger charge is 2.29. The highest BCUT2D eigenvalue weighted by molar-refractivity contribution is 7.71. The lowest BCUT2D eigenvalue weighted by Gasteiger charge is -2.12. The van der Waals surface area contributed by atoms with Gasteiger partial charge in [-0.15, -0.1) is 0 Å². The quantitative estimate of drug-likeness (QED) is 0.850. The Morgan fingerprint density at radius 3 is 2.88 bits per heavy atom. The number of hydrogen-bond acceptors (Lipinski definition) is 3. The molecule has 0 bridgehead atoms. The van der Waals surface area contributed by atoms with Crippen molar-refractivity contribution in [1.29, 1.82) is 0 Å². The number of aryl methyl sites for hydroxylation is 1. The van der Waals surface area contributed by atoms with Crippen LogP contribution in [-0.4, -0.2) is 24.5 Å². The second kappa shape index (κ2) is 3.80. The Bertz CT molecular complexity index is 589. The van der Waals surface area contributed by atoms with Gasteiger partial charge in [0, 0.05) is 12.2 Å². The normalized spacial score (nSPS) is 17.3. The SMILES string of the molecule is Cc1cnn([C@H](C)c2n[nH]c(=S)n2C2CC2)c1. The number of nitrogens with zero attached hydrogens (tertiary/aromatic N) is 4. The molecule has 17 heavy (non-hydrogen) atoms. The maximum absolute atomic E-state index is 5.28. The first kappa shape index (κ1) is 10.7. The van der Waals surface area contributed by atoms with Crippen molar-refractivity contribution >= 4 is 12.2 Å². The molecule has 1 atom stereocenters. The first-order chi connectivity index (χ1) is 8.16. The lowest BCUT2D eigenvalue weighted by atomic mass is 10.3. The Kier molecular flexibility index (Phi) is 2.39. The molecule has 0 unspecified atom stereocenters. The molecule has 3 rings (SSSR count). The second-order valence-electron chi connectivity index (χ2n) is 4.66. The van der Waals surface area contributed by atoms with Crippen LogP contribution in [0, 0.1) is 11.7 Å². The Labute approximate surface area is 104 Å². The fourth-order valence-corrected chi connectivity index (χ4v) is 2.35. The van der Waals surface area contributed by atoms with Crippen LogP contribution in [0.5, 0.6) is 0 Å². The summed E-state index contributed by atoms with van der Waals surface area (Å²) >= 11 is 5.28. The molecule has 1 saturated carbocycles. The molecule has 2 aromatic heterocycles. The van der Waals surface area contributed by atoms with Gasteiger partial charge in [0.1, 0.15) is 6.04 Å². The highest BCUT2D eigenvalue weighted by atomic mass is 32.1. The van der Waals surface area contributed by atoms with Gasteiger partial charge in [0.15, 0.2) is 10.6 Å². The maximum atomic E-state index is 5.28. The van der Waals surface area contributed by atoms with E-state index < -0.39 is 0 Å². The summed E-state index contributed by atoms with van der Waals surface area (Å²) in [5, 5.41) is 11.6. The van der Waals surface area contributed by atoms with E-state index in [2.05, 4.69) is 26.8 Å². The third kappa shape index (κ3) is 1.82. The van der Waals surface area contributed by atoms with Crippen molar-refractivity contribution in [1.82, 2.24) is 24.5 Å². The van der Waals surface area contributed by atoms with Crippen LogP contribution in [0.2, 0.25) is 0 Å². The minimum Gasteiger partial charge on any atom is -0.299 e. The van der Waals surface area contributed by atoms with E-state index in [0.717, 1.165) is 16.2 Å². The summed E-state index contributed by atoms with van der Waals surface area (Å²) in [5.74, 6) is 0.973. The smallest absolute Gasteiger partial charge is 0.195 e. The van der Waals surface area contributed by atoms with E-state index in [9.17, 15) is 0 Å². The van der Waals surface area contributed by atoms with Crippen molar-refractivity contribution in [2.45, 2.75) is 38.8 Å². The van der Waals surface area contributed by atoms with Crippen molar-refractivity contribution < 1.29 is 0 Å². The van der Waals surface area contributed by atoms with E-state index in [1.165, 1.54) is 12.8 Å². The van der Waals surface area contributed by atoms with Crippen LogP contribution in [-0.2, 0) is 0 Å². The Balaban J connectivity index is 2.01. The van der Waals surface area contributed by atoms with Crippen molar-refractivity contribution in [3.63, 3.8) is 0 Å². The number of rotatable bonds is 3. The van der Waals surface area contributed by atoms with Crippen LogP contribution in [0.3, 0.4) is 0 Å². The van der Waals surface area contributed by atoms with Gasteiger partial charge in [-0.05, 0) is 44.5 Å². The lowest BCUT2D eigenvalue weighted by molar-refractivity contribution is 0.503. The van der Waals surface area contributed by atoms with Gasteiger partial charge >= 0.3 is 0 Å². The summed E-state index contributed by atoms with van der Waals surface area (Å²) in [6.45, 7) is 4.13. The van der Waals surface area contributed by atoms with Crippen LogP contribution >= 0.6 is 12.2 Å². The van der Waals surface area contributed by atoms with Gasteiger partial charge in [-0.3, -0.25) is 14.3 Å². The van der Waals surface area contributed by atoms with Crippen molar-refractivity contribution in [2.75, 3.05) is 0 Å². The summed E-state index contributed by atoms with van der Waals surface area (Å²) in [6.07, 6.45) is 6.29. The number of hydrogen-bond donors (Lipinski definition) is 1. The van der Waals surface area contributed by atoms with Gasteiger partial charge in [0.2, 0.25) is 0 Å². The minimum absolute atomic E-state index is 0.109. The zero-order valence-corrected chi connectivity index (χ0v) is 10.7. The van der Waals surface area contributed by atoms with Crippen LogP contribution < -0.4 is 0 Å². The van der Waals surface area contributed by atoms with E-state index in [-0.39, 0.29) is 6.04 Å². The molecule has 5 nitrogen and oxygen atoms in total. The zero-order chi connectivity index (χ0) is 12.0. The molecule has 0 aliphatic heterocycles. The van der Waals surface area contributed by atoms with Gasteiger partial charge in [-0.25, -0.2) is 0 Å². The van der Waals surface area contributed by atoms with Crippen LogP contribution in [0.25, 0.3) is 0 Å². The fourth-order valence-electron chi connectivity index (χ4n) is 2.06. The molecule has 0 amide bonds. The largest absolute Gasteiger partial charge is 0.299 e. The number of aromatic amines is 1. The number of aromatic nitrogens is 5. The molecular formula is C11H15N5S. The third-order valence-corrected chi connectivity index (χ3v) is 3.43. The molecule has 0 saturated heterocycles. The van der Waals surface area contributed by atoms with Gasteiger partial charge in [0.25, 0.3) is 0 Å². The molecule has 6 heteroatoms. The molecule has 1 aliphatic carbocycles. The topological polar surface area (TPSA) is 51.4 Å². The average Bonchev–Trinajstić information content (AvgIpc) is 2.93. The Morgan fingerprint density at radius 1 is 1.53 bits per heavy atom. The van der Waals surface area contributed by atoms with Gasteiger partial charge in [-0.1, -0.05) is 0 Å². The summed E-state index contributed by atoms with van der Waals surface area (Å²) in [4.78, 5) is 0. The zero-order valence-electron chi connectivity index (χ0n) is 9.92. The molecule has 0 spiro atoms. The van der Waals surface area contributed by atoms with Gasteiger partial charge in [-0.2, -0.15) is 10.2 Å². The molecule has 1 fully saturated rings. The van der Waals surface area contributed by atoms with E-state index in [4.69, 9.17) is 12.2 Å². The summed E-state index contributed by atoms with van der Waals surface area (Å²) in [7, 11) is 0. The van der Waals surface area contributed by atoms with Crippen LogP contribution in [0.15, 0.2) is 12.4 Å². The predicted octanol–water partition coefficient (Wildman–Crippen LogP) is 2.39. The molecule has 2 aromatic rings. The molecular weight excluding hydrogens is 234 g/mol. The summed E-state index contributed by atoms with van der Waals surface area (Å²) in [6, 6.07) is 0.646. The molecule has 2 heterocycles. The Morgan fingerprint density at radius 2 is 2.29 bits per heavy atom. The van der Waals surface area contributed by atoms with E-state index in [1.807, 2.05) is 24.0 Å². The monoisotopic (exact) mass is 249 g/mol. The lowest BCUT2D eigenvalue weighted by Crippen LogP contribution is -2.13. The van der Waals surface area contributed by atoms with E-state index in [1.54, 1.807) is 0 Å². The standard InChI is InChI=1S/C11H15N5S/c1-7-5-12-15(6-7)8(2)10-13-14-11(17)16(10)9-3-4-9/h5-6,8-9H,3-4H2,1-2H3,(H,14,17)/t8-/m1/s1. The van der Waals surface area contributed by atoms with Crippen LogP contribution in [0.1, 0.15) is 43.2 Å². The predicted molar refractivity (Wildman–Crippen MR) is 66.5 cm³/mol. The molecule has 1 N–H and O–H groups in total.